The summed E-state index contributed by atoms with van der Waals surface area (Å²) >= 11 is 0. The first-order chi connectivity index (χ1) is 8.47. The molecule has 2 N–H and O–H groups in total. The highest BCUT2D eigenvalue weighted by atomic mass is 16.5. The summed E-state index contributed by atoms with van der Waals surface area (Å²) in [5, 5.41) is 11.6. The summed E-state index contributed by atoms with van der Waals surface area (Å²) in [5.74, 6) is 1.20. The molecule has 0 saturated carbocycles. The van der Waals surface area contributed by atoms with Gasteiger partial charge < -0.3 is 20.1 Å². The Hall–Kier alpha value is -1.74. The first kappa shape index (κ1) is 14.3. The topological polar surface area (TPSA) is 78.9 Å². The monoisotopic (exact) mass is 254 g/mol. The van der Waals surface area contributed by atoms with Crippen LogP contribution in [0.3, 0.4) is 0 Å². The zero-order chi connectivity index (χ0) is 13.6. The minimum atomic E-state index is -1.09. The summed E-state index contributed by atoms with van der Waals surface area (Å²) in [6, 6.07) is -0.445. The van der Waals surface area contributed by atoms with Gasteiger partial charge in [-0.05, 0) is 19.8 Å². The molecular formula is C12H18N2O4. The second-order valence-electron chi connectivity index (χ2n) is 4.56. The maximum Gasteiger partial charge on any atom is 0.323 e. The lowest BCUT2D eigenvalue weighted by molar-refractivity contribution is -0.137. The van der Waals surface area contributed by atoms with Crippen LogP contribution >= 0.6 is 0 Å². The van der Waals surface area contributed by atoms with Gasteiger partial charge >= 0.3 is 12.0 Å². The number of nitrogens with zero attached hydrogens (tertiary/aromatic N) is 1. The Bertz CT molecular complexity index is 356. The Morgan fingerprint density at radius 1 is 1.50 bits per heavy atom. The normalized spacial score (nSPS) is 17.6. The van der Waals surface area contributed by atoms with Crippen LogP contribution in [0.1, 0.15) is 19.8 Å². The second kappa shape index (κ2) is 6.26. The molecule has 0 unspecified atom stereocenters. The van der Waals surface area contributed by atoms with Crippen LogP contribution in [-0.2, 0) is 9.53 Å². The van der Waals surface area contributed by atoms with Gasteiger partial charge in [-0.25, -0.2) is 4.79 Å². The van der Waals surface area contributed by atoms with E-state index in [-0.39, 0.29) is 12.1 Å². The van der Waals surface area contributed by atoms with E-state index in [9.17, 15) is 9.59 Å². The number of urea groups is 1. The van der Waals surface area contributed by atoms with E-state index in [0.717, 1.165) is 4.90 Å². The van der Waals surface area contributed by atoms with Crippen molar-refractivity contribution in [3.05, 3.63) is 0 Å². The molecule has 0 aliphatic carbocycles. The van der Waals surface area contributed by atoms with Gasteiger partial charge in [0.05, 0.1) is 6.54 Å². The lowest BCUT2D eigenvalue weighted by Crippen LogP contribution is -2.54. The summed E-state index contributed by atoms with van der Waals surface area (Å²) in [6.45, 7) is 2.67. The molecule has 18 heavy (non-hydrogen) atoms. The molecule has 1 saturated heterocycles. The standard InChI is InChI=1S/C12H18N2O4/c1-3-6-14(9-10(15)16)11(17)13-12(2)4-7-18-8-5-12/h1H,4-9H2,2H3,(H,13,17)(H,15,16). The highest BCUT2D eigenvalue weighted by Crippen LogP contribution is 2.19. The quantitative estimate of drug-likeness (QED) is 0.706. The van der Waals surface area contributed by atoms with Crippen LogP contribution in [0.2, 0.25) is 0 Å². The van der Waals surface area contributed by atoms with Crippen molar-refractivity contribution in [3.63, 3.8) is 0 Å². The fourth-order valence-corrected chi connectivity index (χ4v) is 1.76. The first-order valence-electron chi connectivity index (χ1n) is 5.77. The lowest BCUT2D eigenvalue weighted by atomic mass is 9.93. The van der Waals surface area contributed by atoms with Gasteiger partial charge in [0, 0.05) is 18.8 Å². The Labute approximate surface area is 106 Å². The zero-order valence-electron chi connectivity index (χ0n) is 10.4. The molecule has 1 aliphatic rings. The third-order valence-electron chi connectivity index (χ3n) is 2.90. The third-order valence-corrected chi connectivity index (χ3v) is 2.90. The minimum absolute atomic E-state index is 0.0231. The average Bonchev–Trinajstić information content (AvgIpc) is 2.28. The number of carboxylic acid groups (broad SMARTS) is 1. The molecule has 100 valence electrons. The first-order valence-corrected chi connectivity index (χ1v) is 5.77. The van der Waals surface area contributed by atoms with Crippen molar-refractivity contribution in [1.82, 2.24) is 10.2 Å². The van der Waals surface area contributed by atoms with Crippen LogP contribution in [0.25, 0.3) is 0 Å². The number of ether oxygens (including phenoxy) is 1. The van der Waals surface area contributed by atoms with Gasteiger partial charge in [-0.2, -0.15) is 0 Å². The highest BCUT2D eigenvalue weighted by molar-refractivity contribution is 5.80. The lowest BCUT2D eigenvalue weighted by Gasteiger charge is -2.36. The van der Waals surface area contributed by atoms with Crippen LogP contribution in [0, 0.1) is 12.3 Å². The molecule has 6 heteroatoms. The van der Waals surface area contributed by atoms with Gasteiger partial charge in [-0.15, -0.1) is 6.42 Å². The van der Waals surface area contributed by atoms with Crippen molar-refractivity contribution in [3.8, 4) is 12.3 Å². The van der Waals surface area contributed by atoms with Crippen molar-refractivity contribution in [1.29, 1.82) is 0 Å². The summed E-state index contributed by atoms with van der Waals surface area (Å²) in [4.78, 5) is 23.7. The molecule has 6 nitrogen and oxygen atoms in total. The number of rotatable bonds is 4. The van der Waals surface area contributed by atoms with Gasteiger partial charge in [0.15, 0.2) is 0 Å². The van der Waals surface area contributed by atoms with Crippen molar-refractivity contribution in [2.45, 2.75) is 25.3 Å². The van der Waals surface area contributed by atoms with Crippen LogP contribution in [0.5, 0.6) is 0 Å². The van der Waals surface area contributed by atoms with E-state index in [0.29, 0.717) is 26.1 Å². The van der Waals surface area contributed by atoms with Crippen molar-refractivity contribution in [2.75, 3.05) is 26.3 Å². The van der Waals surface area contributed by atoms with Crippen LogP contribution < -0.4 is 5.32 Å². The number of aliphatic carboxylic acids is 1. The largest absolute Gasteiger partial charge is 0.480 e. The second-order valence-corrected chi connectivity index (χ2v) is 4.56. The third kappa shape index (κ3) is 4.26. The zero-order valence-corrected chi connectivity index (χ0v) is 10.4. The predicted molar refractivity (Wildman–Crippen MR) is 65.0 cm³/mol. The molecular weight excluding hydrogens is 236 g/mol. The molecule has 0 radical (unpaired) electrons. The maximum atomic E-state index is 12.0. The number of carbonyl (C=O) groups excluding carboxylic acids is 1. The fourth-order valence-electron chi connectivity index (χ4n) is 1.76. The summed E-state index contributed by atoms with van der Waals surface area (Å²) < 4.78 is 5.23. The van der Waals surface area contributed by atoms with Gasteiger partial charge in [-0.3, -0.25) is 4.79 Å². The summed E-state index contributed by atoms with van der Waals surface area (Å²) in [6.07, 6.45) is 6.53. The number of nitrogens with one attached hydrogen (secondary N) is 1. The fraction of sp³-hybridized carbons (Fsp3) is 0.667. The van der Waals surface area contributed by atoms with E-state index in [1.165, 1.54) is 0 Å². The van der Waals surface area contributed by atoms with Crippen LogP contribution in [-0.4, -0.2) is 53.8 Å². The Morgan fingerprint density at radius 2 is 2.11 bits per heavy atom. The number of carboxylic acids is 1. The molecule has 0 aromatic rings. The van der Waals surface area contributed by atoms with Crippen LogP contribution in [0.4, 0.5) is 4.79 Å². The number of carbonyl (C=O) groups is 2. The highest BCUT2D eigenvalue weighted by Gasteiger charge is 2.30. The van der Waals surface area contributed by atoms with Crippen molar-refractivity contribution in [2.24, 2.45) is 0 Å². The van der Waals surface area contributed by atoms with Gasteiger partial charge in [0.25, 0.3) is 0 Å². The molecule has 1 fully saturated rings. The maximum absolute atomic E-state index is 12.0. The van der Waals surface area contributed by atoms with E-state index in [4.69, 9.17) is 16.3 Å². The Morgan fingerprint density at radius 3 is 2.61 bits per heavy atom. The van der Waals surface area contributed by atoms with Gasteiger partial charge in [0.1, 0.15) is 6.54 Å². The number of hydrogen-bond acceptors (Lipinski definition) is 3. The molecule has 1 aliphatic heterocycles. The molecule has 1 rings (SSSR count). The van der Waals surface area contributed by atoms with E-state index in [1.54, 1.807) is 0 Å². The molecule has 0 bridgehead atoms. The smallest absolute Gasteiger partial charge is 0.323 e. The van der Waals surface area contributed by atoms with E-state index >= 15 is 0 Å². The number of hydrogen-bond donors (Lipinski definition) is 2. The predicted octanol–water partition coefficient (Wildman–Crippen LogP) is 0.285. The average molecular weight is 254 g/mol. The molecule has 1 heterocycles. The molecule has 0 atom stereocenters. The number of terminal acetylenes is 1. The summed E-state index contributed by atoms with van der Waals surface area (Å²) in [7, 11) is 0. The van der Waals surface area contributed by atoms with E-state index < -0.39 is 18.5 Å². The minimum Gasteiger partial charge on any atom is -0.480 e. The Kier molecular flexibility index (Phi) is 4.98. The van der Waals surface area contributed by atoms with E-state index in [2.05, 4.69) is 11.2 Å². The van der Waals surface area contributed by atoms with Crippen molar-refractivity contribution >= 4 is 12.0 Å². The molecule has 2 amide bonds. The Balaban J connectivity index is 2.60. The van der Waals surface area contributed by atoms with E-state index in [1.807, 2.05) is 6.92 Å². The molecule has 0 aromatic carbocycles. The molecule has 0 aromatic heterocycles. The van der Waals surface area contributed by atoms with Gasteiger partial charge in [0.2, 0.25) is 0 Å². The van der Waals surface area contributed by atoms with Gasteiger partial charge in [-0.1, -0.05) is 5.92 Å². The SMILES string of the molecule is C#CCN(CC(=O)O)C(=O)NC1(C)CCOCC1. The van der Waals surface area contributed by atoms with Crippen LogP contribution in [0.15, 0.2) is 0 Å². The molecule has 0 spiro atoms. The summed E-state index contributed by atoms with van der Waals surface area (Å²) in [5.41, 5.74) is -0.360. The van der Waals surface area contributed by atoms with Crippen molar-refractivity contribution < 1.29 is 19.4 Å². The number of amides is 2.